The molecular weight excluding hydrogens is 284 g/mol. The number of rotatable bonds is 7. The zero-order chi connectivity index (χ0) is 14.9. The third kappa shape index (κ3) is 6.50. The number of thioether (sulfide) groups is 1. The number of ether oxygens (including phenoxy) is 1. The van der Waals surface area contributed by atoms with E-state index in [1.54, 1.807) is 11.8 Å². The summed E-state index contributed by atoms with van der Waals surface area (Å²) in [5, 5.41) is 2.99. The van der Waals surface area contributed by atoms with E-state index in [1.165, 1.54) is 11.1 Å². The SMILES string of the molecule is Cc1cccc(CSCC(=O)NCCN2CCOCC2)c1. The number of amides is 1. The molecular formula is C16H24N2O2S. The molecule has 4 nitrogen and oxygen atoms in total. The molecule has 0 atom stereocenters. The molecule has 1 aromatic carbocycles. The predicted octanol–water partition coefficient (Wildman–Crippen LogP) is 1.68. The fraction of sp³-hybridized carbons (Fsp3) is 0.562. The van der Waals surface area contributed by atoms with Crippen LogP contribution < -0.4 is 5.32 Å². The van der Waals surface area contributed by atoms with Gasteiger partial charge in [0.2, 0.25) is 5.91 Å². The second-order valence-electron chi connectivity index (χ2n) is 5.29. The number of nitrogens with one attached hydrogen (secondary N) is 1. The Balaban J connectivity index is 1.55. The summed E-state index contributed by atoms with van der Waals surface area (Å²) in [4.78, 5) is 14.1. The van der Waals surface area contributed by atoms with Gasteiger partial charge in [0.1, 0.15) is 0 Å². The number of morpholine rings is 1. The van der Waals surface area contributed by atoms with E-state index < -0.39 is 0 Å². The van der Waals surface area contributed by atoms with Crippen LogP contribution in [0.3, 0.4) is 0 Å². The number of aryl methyl sites for hydroxylation is 1. The van der Waals surface area contributed by atoms with E-state index >= 15 is 0 Å². The van der Waals surface area contributed by atoms with E-state index in [1.807, 2.05) is 0 Å². The highest BCUT2D eigenvalue weighted by Gasteiger charge is 2.10. The summed E-state index contributed by atoms with van der Waals surface area (Å²) in [6.07, 6.45) is 0. The van der Waals surface area contributed by atoms with Gasteiger partial charge < -0.3 is 10.1 Å². The minimum Gasteiger partial charge on any atom is -0.379 e. The van der Waals surface area contributed by atoms with Crippen molar-refractivity contribution in [1.29, 1.82) is 0 Å². The zero-order valence-corrected chi connectivity index (χ0v) is 13.5. The van der Waals surface area contributed by atoms with Gasteiger partial charge in [-0.05, 0) is 12.5 Å². The molecule has 21 heavy (non-hydrogen) atoms. The van der Waals surface area contributed by atoms with Crippen LogP contribution in [0.2, 0.25) is 0 Å². The average molecular weight is 308 g/mol. The molecule has 0 aliphatic carbocycles. The van der Waals surface area contributed by atoms with Crippen molar-refractivity contribution in [1.82, 2.24) is 10.2 Å². The lowest BCUT2D eigenvalue weighted by molar-refractivity contribution is -0.118. The molecule has 1 saturated heterocycles. The van der Waals surface area contributed by atoms with Gasteiger partial charge in [-0.15, -0.1) is 11.8 Å². The van der Waals surface area contributed by atoms with Gasteiger partial charge in [-0.2, -0.15) is 0 Å². The molecule has 0 radical (unpaired) electrons. The molecule has 0 aromatic heterocycles. The highest BCUT2D eigenvalue weighted by Crippen LogP contribution is 2.13. The maximum atomic E-state index is 11.8. The van der Waals surface area contributed by atoms with Crippen LogP contribution in [-0.2, 0) is 15.3 Å². The third-order valence-corrected chi connectivity index (χ3v) is 4.44. The molecule has 1 fully saturated rings. The van der Waals surface area contributed by atoms with Gasteiger partial charge >= 0.3 is 0 Å². The van der Waals surface area contributed by atoms with Crippen molar-refractivity contribution in [3.63, 3.8) is 0 Å². The van der Waals surface area contributed by atoms with E-state index in [0.717, 1.165) is 45.1 Å². The average Bonchev–Trinajstić information content (AvgIpc) is 2.48. The Bertz CT molecular complexity index is 448. The number of benzene rings is 1. The first kappa shape index (κ1) is 16.3. The first-order valence-corrected chi connectivity index (χ1v) is 8.59. The number of hydrogen-bond donors (Lipinski definition) is 1. The van der Waals surface area contributed by atoms with Crippen LogP contribution in [0.1, 0.15) is 11.1 Å². The van der Waals surface area contributed by atoms with Gasteiger partial charge in [0, 0.05) is 31.9 Å². The van der Waals surface area contributed by atoms with Crippen molar-refractivity contribution in [2.24, 2.45) is 0 Å². The number of nitrogens with zero attached hydrogens (tertiary/aromatic N) is 1. The second-order valence-corrected chi connectivity index (χ2v) is 6.27. The zero-order valence-electron chi connectivity index (χ0n) is 12.6. The Labute approximate surface area is 131 Å². The van der Waals surface area contributed by atoms with Crippen LogP contribution in [0, 0.1) is 6.92 Å². The van der Waals surface area contributed by atoms with E-state index in [2.05, 4.69) is 41.4 Å². The van der Waals surface area contributed by atoms with Gasteiger partial charge in [-0.25, -0.2) is 0 Å². The van der Waals surface area contributed by atoms with Crippen molar-refractivity contribution in [2.45, 2.75) is 12.7 Å². The topological polar surface area (TPSA) is 41.6 Å². The minimum absolute atomic E-state index is 0.126. The fourth-order valence-corrected chi connectivity index (χ4v) is 3.10. The van der Waals surface area contributed by atoms with Crippen molar-refractivity contribution in [3.8, 4) is 0 Å². The van der Waals surface area contributed by atoms with Crippen molar-refractivity contribution in [3.05, 3.63) is 35.4 Å². The second kappa shape index (κ2) is 9.07. The van der Waals surface area contributed by atoms with Crippen molar-refractivity contribution in [2.75, 3.05) is 45.1 Å². The van der Waals surface area contributed by atoms with Gasteiger partial charge in [0.15, 0.2) is 0 Å². The standard InChI is InChI=1S/C16H24N2O2S/c1-14-3-2-4-15(11-14)12-21-13-16(19)17-5-6-18-7-9-20-10-8-18/h2-4,11H,5-10,12-13H2,1H3,(H,17,19). The molecule has 1 heterocycles. The summed E-state index contributed by atoms with van der Waals surface area (Å²) in [5.41, 5.74) is 2.55. The lowest BCUT2D eigenvalue weighted by Gasteiger charge is -2.26. The van der Waals surface area contributed by atoms with Crippen LogP contribution in [0.5, 0.6) is 0 Å². The monoisotopic (exact) mass is 308 g/mol. The molecule has 1 aromatic rings. The maximum Gasteiger partial charge on any atom is 0.230 e. The summed E-state index contributed by atoms with van der Waals surface area (Å²) in [7, 11) is 0. The smallest absolute Gasteiger partial charge is 0.230 e. The molecule has 1 N–H and O–H groups in total. The molecule has 1 aliphatic rings. The lowest BCUT2D eigenvalue weighted by Crippen LogP contribution is -2.41. The Hall–Kier alpha value is -1.04. The number of hydrogen-bond acceptors (Lipinski definition) is 4. The quantitative estimate of drug-likeness (QED) is 0.832. The largest absolute Gasteiger partial charge is 0.379 e. The van der Waals surface area contributed by atoms with Crippen LogP contribution in [-0.4, -0.2) is 56.0 Å². The Morgan fingerprint density at radius 2 is 2.19 bits per heavy atom. The number of carbonyl (C=O) groups is 1. The minimum atomic E-state index is 0.126. The highest BCUT2D eigenvalue weighted by atomic mass is 32.2. The first-order chi connectivity index (χ1) is 10.2. The Morgan fingerprint density at radius 3 is 2.95 bits per heavy atom. The Morgan fingerprint density at radius 1 is 1.38 bits per heavy atom. The van der Waals surface area contributed by atoms with E-state index in [4.69, 9.17) is 4.74 Å². The molecule has 1 aliphatic heterocycles. The van der Waals surface area contributed by atoms with Crippen molar-refractivity contribution < 1.29 is 9.53 Å². The molecule has 0 saturated carbocycles. The summed E-state index contributed by atoms with van der Waals surface area (Å²) in [5.74, 6) is 1.54. The normalized spacial score (nSPS) is 15.9. The first-order valence-electron chi connectivity index (χ1n) is 7.44. The summed E-state index contributed by atoms with van der Waals surface area (Å²) < 4.78 is 5.30. The van der Waals surface area contributed by atoms with E-state index in [-0.39, 0.29) is 5.91 Å². The van der Waals surface area contributed by atoms with E-state index in [0.29, 0.717) is 5.75 Å². The Kier molecular flexibility index (Phi) is 7.06. The van der Waals surface area contributed by atoms with E-state index in [9.17, 15) is 4.79 Å². The highest BCUT2D eigenvalue weighted by molar-refractivity contribution is 7.99. The number of carbonyl (C=O) groups excluding carboxylic acids is 1. The third-order valence-electron chi connectivity index (χ3n) is 3.44. The van der Waals surface area contributed by atoms with Gasteiger partial charge in [0.05, 0.1) is 19.0 Å². The van der Waals surface area contributed by atoms with Crippen LogP contribution in [0.4, 0.5) is 0 Å². The van der Waals surface area contributed by atoms with Crippen LogP contribution in [0.15, 0.2) is 24.3 Å². The van der Waals surface area contributed by atoms with Crippen molar-refractivity contribution >= 4 is 17.7 Å². The van der Waals surface area contributed by atoms with Crippen LogP contribution >= 0.6 is 11.8 Å². The summed E-state index contributed by atoms with van der Waals surface area (Å²) in [6, 6.07) is 8.43. The summed E-state index contributed by atoms with van der Waals surface area (Å²) in [6.45, 7) is 7.28. The fourth-order valence-electron chi connectivity index (χ4n) is 2.29. The molecule has 0 bridgehead atoms. The molecule has 2 rings (SSSR count). The van der Waals surface area contributed by atoms with Gasteiger partial charge in [0.25, 0.3) is 0 Å². The molecule has 5 heteroatoms. The lowest BCUT2D eigenvalue weighted by atomic mass is 10.2. The van der Waals surface area contributed by atoms with Gasteiger partial charge in [-0.1, -0.05) is 29.8 Å². The van der Waals surface area contributed by atoms with Crippen LogP contribution in [0.25, 0.3) is 0 Å². The maximum absolute atomic E-state index is 11.8. The molecule has 1 amide bonds. The molecule has 116 valence electrons. The predicted molar refractivity (Wildman–Crippen MR) is 87.6 cm³/mol. The summed E-state index contributed by atoms with van der Waals surface area (Å²) >= 11 is 1.66. The molecule has 0 unspecified atom stereocenters. The molecule has 0 spiro atoms. The van der Waals surface area contributed by atoms with Gasteiger partial charge in [-0.3, -0.25) is 9.69 Å².